The number of benzene rings is 1. The van der Waals surface area contributed by atoms with Crippen LogP contribution < -0.4 is 4.74 Å². The third-order valence-electron chi connectivity index (χ3n) is 10.9. The Labute approximate surface area is 269 Å². The van der Waals surface area contributed by atoms with Crippen LogP contribution in [0.1, 0.15) is 112 Å². The third kappa shape index (κ3) is 5.63. The number of Topliss-reactive ketones (excluding diaryl/α,β-unsaturated/α-hetero) is 3. The second-order valence-electron chi connectivity index (χ2n) is 15.3. The molecule has 1 aliphatic heterocycles. The zero-order valence-corrected chi connectivity index (χ0v) is 29.1. The van der Waals surface area contributed by atoms with Gasteiger partial charge in [0.2, 0.25) is 0 Å². The molecular weight excluding hydrogens is 564 g/mol. The predicted octanol–water partition coefficient (Wildman–Crippen LogP) is 8.89. The average Bonchev–Trinajstić information content (AvgIpc) is 2.94. The van der Waals surface area contributed by atoms with Crippen molar-refractivity contribution in [3.05, 3.63) is 70.0 Å². The van der Waals surface area contributed by atoms with E-state index in [-0.39, 0.29) is 52.4 Å². The van der Waals surface area contributed by atoms with E-state index < -0.39 is 33.4 Å². The molecule has 0 radical (unpaired) electrons. The fourth-order valence-corrected chi connectivity index (χ4v) is 7.87. The monoisotopic (exact) mass is 616 g/mol. The number of fused-ring (bicyclic) bond motifs is 1. The highest BCUT2D eigenvalue weighted by molar-refractivity contribution is 6.35. The van der Waals surface area contributed by atoms with E-state index in [9.17, 15) is 9.90 Å². The molecule has 1 spiro atoms. The molecule has 0 aromatic heterocycles. The zero-order valence-electron chi connectivity index (χ0n) is 29.1. The molecule has 0 unspecified atom stereocenters. The molecule has 2 aliphatic carbocycles. The van der Waals surface area contributed by atoms with Crippen LogP contribution in [0.5, 0.6) is 11.5 Å². The smallest absolute Gasteiger partial charge is 0.200 e. The summed E-state index contributed by atoms with van der Waals surface area (Å²) in [4.78, 5) is 45.3. The number of phenols is 1. The van der Waals surface area contributed by atoms with Crippen molar-refractivity contribution in [3.63, 3.8) is 0 Å². The van der Waals surface area contributed by atoms with Gasteiger partial charge in [-0.3, -0.25) is 14.4 Å². The maximum absolute atomic E-state index is 15.4. The van der Waals surface area contributed by atoms with Crippen LogP contribution in [0, 0.1) is 28.1 Å². The van der Waals surface area contributed by atoms with Gasteiger partial charge in [0.05, 0.1) is 12.5 Å². The summed E-state index contributed by atoms with van der Waals surface area (Å²) in [5.41, 5.74) is -0.509. The van der Waals surface area contributed by atoms with E-state index in [4.69, 9.17) is 9.47 Å². The van der Waals surface area contributed by atoms with Crippen LogP contribution in [-0.4, -0.2) is 35.2 Å². The Balaban J connectivity index is 2.10. The number of hydrogen-bond acceptors (Lipinski definition) is 6. The molecule has 4 rings (SSSR count). The number of carbonyl (C=O) groups excluding carboxylic acids is 3. The van der Waals surface area contributed by atoms with Crippen molar-refractivity contribution in [1.82, 2.24) is 0 Å². The Morgan fingerprint density at radius 3 is 2.02 bits per heavy atom. The van der Waals surface area contributed by atoms with E-state index in [2.05, 4.69) is 39.8 Å². The molecule has 244 valence electrons. The van der Waals surface area contributed by atoms with Gasteiger partial charge < -0.3 is 14.6 Å². The molecule has 2 fully saturated rings. The van der Waals surface area contributed by atoms with E-state index >= 15 is 9.59 Å². The molecule has 1 aromatic carbocycles. The maximum Gasteiger partial charge on any atom is 0.200 e. The van der Waals surface area contributed by atoms with Gasteiger partial charge in [0.15, 0.2) is 28.8 Å². The van der Waals surface area contributed by atoms with Gasteiger partial charge in [-0.05, 0) is 117 Å². The molecule has 6 heteroatoms. The highest BCUT2D eigenvalue weighted by Crippen LogP contribution is 2.69. The van der Waals surface area contributed by atoms with Crippen LogP contribution in [0.2, 0.25) is 0 Å². The van der Waals surface area contributed by atoms with Crippen molar-refractivity contribution >= 4 is 17.3 Å². The Morgan fingerprint density at radius 1 is 0.911 bits per heavy atom. The van der Waals surface area contributed by atoms with Gasteiger partial charge in [0.1, 0.15) is 22.3 Å². The van der Waals surface area contributed by atoms with Crippen molar-refractivity contribution < 1.29 is 29.0 Å². The summed E-state index contributed by atoms with van der Waals surface area (Å²) in [5, 5.41) is 10.3. The number of allylic oxidation sites excluding steroid dienone is 8. The summed E-state index contributed by atoms with van der Waals surface area (Å²) in [6, 6.07) is 4.34. The van der Waals surface area contributed by atoms with Crippen molar-refractivity contribution in [3.8, 4) is 11.5 Å². The van der Waals surface area contributed by atoms with Crippen LogP contribution in [0.25, 0.3) is 0 Å². The molecule has 1 N–H and O–H groups in total. The van der Waals surface area contributed by atoms with Gasteiger partial charge in [0.25, 0.3) is 0 Å². The van der Waals surface area contributed by atoms with Gasteiger partial charge in [-0.1, -0.05) is 48.8 Å². The number of phenolic OH excluding ortho intramolecular Hbond substituents is 1. The average molecular weight is 617 g/mol. The first kappa shape index (κ1) is 34.5. The molecule has 1 saturated carbocycles. The number of carbonyl (C=O) groups is 3. The number of hydrogen-bond donors (Lipinski definition) is 1. The number of rotatable bonds is 9. The fraction of sp³-hybridized carbons (Fsp3) is 0.564. The zero-order chi connectivity index (χ0) is 33.7. The molecule has 1 saturated heterocycles. The molecule has 3 aliphatic rings. The SMILES string of the molecule is COc1cc(C(=O)C2=C3OC(C)(C)[C@@H](CC=C(C)C)C[C@]34C[C@@H](CC=C(C)C)C(C)(C)[C@@](CC=C(C)C)(C2=O)C4=O)ccc1O. The number of aromatic hydroxyl groups is 1. The lowest BCUT2D eigenvalue weighted by Gasteiger charge is -2.64. The quantitative estimate of drug-likeness (QED) is 0.129. The molecule has 1 aromatic rings. The van der Waals surface area contributed by atoms with E-state index in [1.54, 1.807) is 0 Å². The van der Waals surface area contributed by atoms with E-state index in [0.717, 1.165) is 18.4 Å². The van der Waals surface area contributed by atoms with Gasteiger partial charge >= 0.3 is 0 Å². The Hall–Kier alpha value is -3.41. The largest absolute Gasteiger partial charge is 0.504 e. The normalized spacial score (nSPS) is 28.0. The van der Waals surface area contributed by atoms with Crippen LogP contribution in [0.15, 0.2) is 64.5 Å². The first-order chi connectivity index (χ1) is 20.9. The van der Waals surface area contributed by atoms with Crippen LogP contribution in [-0.2, 0) is 14.3 Å². The molecular formula is C39H52O6. The number of ketones is 3. The molecule has 1 heterocycles. The third-order valence-corrected chi connectivity index (χ3v) is 10.9. The van der Waals surface area contributed by atoms with Crippen LogP contribution in [0.3, 0.4) is 0 Å². The minimum Gasteiger partial charge on any atom is -0.504 e. The highest BCUT2D eigenvalue weighted by Gasteiger charge is 2.74. The van der Waals surface area contributed by atoms with Crippen LogP contribution >= 0.6 is 0 Å². The van der Waals surface area contributed by atoms with Gasteiger partial charge in [0, 0.05) is 11.5 Å². The lowest BCUT2D eigenvalue weighted by molar-refractivity contribution is -0.188. The maximum atomic E-state index is 15.4. The van der Waals surface area contributed by atoms with Gasteiger partial charge in [-0.2, -0.15) is 0 Å². The van der Waals surface area contributed by atoms with Crippen LogP contribution in [0.4, 0.5) is 0 Å². The molecule has 0 amide bonds. The highest BCUT2D eigenvalue weighted by atomic mass is 16.5. The van der Waals surface area contributed by atoms with Crippen molar-refractivity contribution in [1.29, 1.82) is 0 Å². The lowest BCUT2D eigenvalue weighted by atomic mass is 9.39. The summed E-state index contributed by atoms with van der Waals surface area (Å²) < 4.78 is 12.2. The summed E-state index contributed by atoms with van der Waals surface area (Å²) >= 11 is 0. The summed E-state index contributed by atoms with van der Waals surface area (Å²) in [6.45, 7) is 20.3. The Kier molecular flexibility index (Phi) is 9.25. The molecule has 45 heavy (non-hydrogen) atoms. The Bertz CT molecular complexity index is 1520. The summed E-state index contributed by atoms with van der Waals surface area (Å²) in [6.07, 6.45) is 9.06. The molecule has 2 bridgehead atoms. The first-order valence-electron chi connectivity index (χ1n) is 16.2. The number of methoxy groups -OCH3 is 1. The second-order valence-corrected chi connectivity index (χ2v) is 15.3. The fourth-order valence-electron chi connectivity index (χ4n) is 7.87. The van der Waals surface area contributed by atoms with Gasteiger partial charge in [-0.25, -0.2) is 0 Å². The van der Waals surface area contributed by atoms with E-state index in [1.165, 1.54) is 36.5 Å². The van der Waals surface area contributed by atoms with Gasteiger partial charge in [-0.15, -0.1) is 0 Å². The van der Waals surface area contributed by atoms with Crippen molar-refractivity contribution in [2.45, 2.75) is 107 Å². The topological polar surface area (TPSA) is 89.9 Å². The van der Waals surface area contributed by atoms with Crippen molar-refractivity contribution in [2.24, 2.45) is 28.1 Å². The van der Waals surface area contributed by atoms with E-state index in [1.807, 2.05) is 47.6 Å². The number of ether oxygens (including phenoxy) is 2. The second kappa shape index (κ2) is 12.1. The lowest BCUT2D eigenvalue weighted by Crippen LogP contribution is -2.69. The standard InChI is InChI=1S/C39H52O6/c1-23(2)12-15-27-21-38-22-28(16-13-24(3)4)37(9,10)45-34(38)31(32(41)26-14-17-29(40)30(20-26)44-11)33(42)39(35(38)43,36(27,7)8)19-18-25(5)6/h12-14,17-18,20,27-28,40H,15-16,19,21-22H2,1-11H3/t27-,28+,38-,39+/m1/s1. The van der Waals surface area contributed by atoms with Crippen molar-refractivity contribution in [2.75, 3.05) is 7.11 Å². The summed E-state index contributed by atoms with van der Waals surface area (Å²) in [5.74, 6) is -0.831. The molecule has 6 nitrogen and oxygen atoms in total. The Morgan fingerprint density at radius 2 is 1.47 bits per heavy atom. The summed E-state index contributed by atoms with van der Waals surface area (Å²) in [7, 11) is 1.41. The predicted molar refractivity (Wildman–Crippen MR) is 178 cm³/mol. The van der Waals surface area contributed by atoms with E-state index in [0.29, 0.717) is 12.8 Å². The molecule has 4 atom stereocenters. The minimum atomic E-state index is -1.45. The minimum absolute atomic E-state index is 0.00561. The first-order valence-corrected chi connectivity index (χ1v) is 16.2.